The van der Waals surface area contributed by atoms with Crippen molar-refractivity contribution >= 4 is 53.1 Å². The van der Waals surface area contributed by atoms with E-state index in [2.05, 4.69) is 30.8 Å². The molecule has 0 spiro atoms. The van der Waals surface area contributed by atoms with Gasteiger partial charge in [0, 0.05) is 24.8 Å². The number of rotatable bonds is 7. The van der Waals surface area contributed by atoms with Gasteiger partial charge in [0.05, 0.1) is 18.7 Å². The van der Waals surface area contributed by atoms with Crippen LogP contribution in [0.2, 0.25) is 10.2 Å². The number of nitrogens with zero attached hydrogens (tertiary/aromatic N) is 4. The molecule has 3 N–H and O–H groups in total. The van der Waals surface area contributed by atoms with Crippen LogP contribution in [-0.2, 0) is 20.1 Å². The summed E-state index contributed by atoms with van der Waals surface area (Å²) in [4.78, 5) is 9.06. The molecule has 0 unspecified atom stereocenters. The second-order valence-electron chi connectivity index (χ2n) is 6.22. The smallest absolute Gasteiger partial charge is 0.192 e. The van der Waals surface area contributed by atoms with Crippen LogP contribution in [0, 0.1) is 0 Å². The first-order chi connectivity index (χ1) is 14.0. The van der Waals surface area contributed by atoms with E-state index in [1.807, 2.05) is 48.9 Å². The average molecular weight is 564 g/mol. The van der Waals surface area contributed by atoms with Gasteiger partial charge in [-0.1, -0.05) is 23.2 Å². The molecule has 0 fully saturated rings. The van der Waals surface area contributed by atoms with Gasteiger partial charge in [-0.2, -0.15) is 5.10 Å². The predicted octanol–water partition coefficient (Wildman–Crippen LogP) is 4.00. The largest absolute Gasteiger partial charge is 0.497 e. The van der Waals surface area contributed by atoms with Crippen LogP contribution in [0.4, 0.5) is 0 Å². The average Bonchev–Trinajstić information content (AvgIpc) is 3.31. The molecule has 0 saturated carbocycles. The van der Waals surface area contributed by atoms with E-state index in [-0.39, 0.29) is 24.0 Å². The summed E-state index contributed by atoms with van der Waals surface area (Å²) in [5.74, 6) is 2.72. The lowest BCUT2D eigenvalue weighted by Crippen LogP contribution is -2.37. The second kappa shape index (κ2) is 11.4. The standard InChI is InChI=1S/C19H23Cl2N7O.HI/c1-4-22-19(23-10-13-9-15(20)17(21)28(13)2)24-11-16-25-18(27-26-16)12-5-7-14(29-3)8-6-12;/h5-9H,4,10-11H2,1-3H3,(H2,22,23,24)(H,25,26,27);1H. The van der Waals surface area contributed by atoms with Gasteiger partial charge in [-0.3, -0.25) is 5.10 Å². The minimum atomic E-state index is 0. The molecule has 0 atom stereocenters. The quantitative estimate of drug-likeness (QED) is 0.230. The fourth-order valence-electron chi connectivity index (χ4n) is 2.66. The number of aromatic amines is 1. The summed E-state index contributed by atoms with van der Waals surface area (Å²) in [5.41, 5.74) is 1.85. The fourth-order valence-corrected chi connectivity index (χ4v) is 3.08. The van der Waals surface area contributed by atoms with E-state index in [4.69, 9.17) is 27.9 Å². The van der Waals surface area contributed by atoms with Gasteiger partial charge in [-0.15, -0.1) is 24.0 Å². The van der Waals surface area contributed by atoms with Gasteiger partial charge >= 0.3 is 0 Å². The molecular weight excluding hydrogens is 540 g/mol. The molecule has 0 saturated heterocycles. The Morgan fingerprint density at radius 1 is 1.23 bits per heavy atom. The summed E-state index contributed by atoms with van der Waals surface area (Å²) in [6.45, 7) is 3.62. The molecule has 8 nitrogen and oxygen atoms in total. The molecule has 162 valence electrons. The zero-order valence-electron chi connectivity index (χ0n) is 16.9. The van der Waals surface area contributed by atoms with E-state index in [1.54, 1.807) is 7.11 Å². The first-order valence-electron chi connectivity index (χ1n) is 9.09. The van der Waals surface area contributed by atoms with Gasteiger partial charge in [0.1, 0.15) is 23.3 Å². The third-order valence-corrected chi connectivity index (χ3v) is 5.11. The molecule has 0 aliphatic heterocycles. The van der Waals surface area contributed by atoms with Crippen molar-refractivity contribution in [2.75, 3.05) is 13.7 Å². The second-order valence-corrected chi connectivity index (χ2v) is 6.98. The maximum absolute atomic E-state index is 6.12. The molecule has 11 heteroatoms. The van der Waals surface area contributed by atoms with Crippen molar-refractivity contribution in [1.82, 2.24) is 30.4 Å². The molecular formula is C19H24Cl2IN7O. The van der Waals surface area contributed by atoms with Gasteiger partial charge in [-0.05, 0) is 37.3 Å². The van der Waals surface area contributed by atoms with E-state index < -0.39 is 0 Å². The maximum atomic E-state index is 6.12. The summed E-state index contributed by atoms with van der Waals surface area (Å²) >= 11 is 12.2. The molecule has 2 aromatic heterocycles. The summed E-state index contributed by atoms with van der Waals surface area (Å²) in [7, 11) is 3.50. The fraction of sp³-hybridized carbons (Fsp3) is 0.316. The minimum absolute atomic E-state index is 0. The Morgan fingerprint density at radius 2 is 1.97 bits per heavy atom. The van der Waals surface area contributed by atoms with E-state index >= 15 is 0 Å². The summed E-state index contributed by atoms with van der Waals surface area (Å²) in [6, 6.07) is 9.41. The van der Waals surface area contributed by atoms with Gasteiger partial charge in [0.25, 0.3) is 0 Å². The number of ether oxygens (including phenoxy) is 1. The van der Waals surface area contributed by atoms with E-state index in [0.29, 0.717) is 40.9 Å². The van der Waals surface area contributed by atoms with Crippen LogP contribution >= 0.6 is 47.2 Å². The van der Waals surface area contributed by atoms with Crippen molar-refractivity contribution in [3.63, 3.8) is 0 Å². The molecule has 0 aliphatic carbocycles. The number of H-pyrrole nitrogens is 1. The lowest BCUT2D eigenvalue weighted by atomic mass is 10.2. The van der Waals surface area contributed by atoms with E-state index in [1.165, 1.54) is 0 Å². The number of hydrogen-bond acceptors (Lipinski definition) is 4. The molecule has 2 heterocycles. The number of aromatic nitrogens is 4. The van der Waals surface area contributed by atoms with E-state index in [9.17, 15) is 0 Å². The molecule has 0 radical (unpaired) electrons. The summed E-state index contributed by atoms with van der Waals surface area (Å²) in [6.07, 6.45) is 0. The number of hydrogen-bond donors (Lipinski definition) is 3. The highest BCUT2D eigenvalue weighted by Gasteiger charge is 2.10. The first-order valence-corrected chi connectivity index (χ1v) is 9.84. The van der Waals surface area contributed by atoms with E-state index in [0.717, 1.165) is 23.6 Å². The van der Waals surface area contributed by atoms with Crippen LogP contribution in [-0.4, -0.2) is 39.4 Å². The zero-order valence-corrected chi connectivity index (χ0v) is 20.7. The highest BCUT2D eigenvalue weighted by molar-refractivity contribution is 14.0. The number of aliphatic imine (C=N–C) groups is 1. The van der Waals surface area contributed by atoms with Crippen molar-refractivity contribution in [2.24, 2.45) is 12.0 Å². The Labute approximate surface area is 202 Å². The number of guanidine groups is 1. The van der Waals surface area contributed by atoms with Crippen LogP contribution in [0.25, 0.3) is 11.4 Å². The highest BCUT2D eigenvalue weighted by atomic mass is 127. The Morgan fingerprint density at radius 3 is 2.57 bits per heavy atom. The Kier molecular flexibility index (Phi) is 9.25. The molecule has 0 bridgehead atoms. The third-order valence-electron chi connectivity index (χ3n) is 4.26. The molecule has 3 rings (SSSR count). The SMILES string of the molecule is CCNC(=NCc1nc(-c2ccc(OC)cc2)n[nH]1)NCc1cc(Cl)c(Cl)n1C.I. The molecule has 3 aromatic rings. The van der Waals surface area contributed by atoms with Gasteiger partial charge in [-0.25, -0.2) is 9.98 Å². The Hall–Kier alpha value is -1.98. The number of nitrogens with one attached hydrogen (secondary N) is 3. The molecule has 1 aromatic carbocycles. The maximum Gasteiger partial charge on any atom is 0.192 e. The van der Waals surface area contributed by atoms with Crippen molar-refractivity contribution in [3.05, 3.63) is 52.0 Å². The summed E-state index contributed by atoms with van der Waals surface area (Å²) < 4.78 is 7.00. The van der Waals surface area contributed by atoms with Crippen LogP contribution < -0.4 is 15.4 Å². The number of methoxy groups -OCH3 is 1. The van der Waals surface area contributed by atoms with Crippen molar-refractivity contribution < 1.29 is 4.74 Å². The van der Waals surface area contributed by atoms with Gasteiger partial charge in [0.2, 0.25) is 0 Å². The van der Waals surface area contributed by atoms with Crippen molar-refractivity contribution in [2.45, 2.75) is 20.0 Å². The molecule has 30 heavy (non-hydrogen) atoms. The monoisotopic (exact) mass is 563 g/mol. The normalized spacial score (nSPS) is 11.2. The third kappa shape index (κ3) is 6.02. The first kappa shape index (κ1) is 24.3. The predicted molar refractivity (Wildman–Crippen MR) is 131 cm³/mol. The Bertz CT molecular complexity index is 985. The Balaban J connectivity index is 0.00000320. The number of benzene rings is 1. The molecule has 0 aliphatic rings. The van der Waals surface area contributed by atoms with Crippen molar-refractivity contribution in [1.29, 1.82) is 0 Å². The minimum Gasteiger partial charge on any atom is -0.497 e. The molecule has 0 amide bonds. The van der Waals surface area contributed by atoms with Crippen LogP contribution in [0.3, 0.4) is 0 Å². The van der Waals surface area contributed by atoms with Gasteiger partial charge < -0.3 is 19.9 Å². The van der Waals surface area contributed by atoms with Gasteiger partial charge in [0.15, 0.2) is 11.8 Å². The van der Waals surface area contributed by atoms with Crippen molar-refractivity contribution in [3.8, 4) is 17.1 Å². The zero-order chi connectivity index (χ0) is 20.8. The highest BCUT2D eigenvalue weighted by Crippen LogP contribution is 2.25. The van der Waals surface area contributed by atoms with Crippen LogP contribution in [0.5, 0.6) is 5.75 Å². The summed E-state index contributed by atoms with van der Waals surface area (Å²) in [5, 5.41) is 14.7. The van der Waals surface area contributed by atoms with Crippen LogP contribution in [0.1, 0.15) is 18.4 Å². The lowest BCUT2D eigenvalue weighted by molar-refractivity contribution is 0.415. The lowest BCUT2D eigenvalue weighted by Gasteiger charge is -2.11. The van der Waals surface area contributed by atoms with Crippen LogP contribution in [0.15, 0.2) is 35.3 Å². The topological polar surface area (TPSA) is 92.2 Å². The number of halogens is 3.